The lowest BCUT2D eigenvalue weighted by Crippen LogP contribution is -2.37. The topological polar surface area (TPSA) is 119 Å². The Morgan fingerprint density at radius 2 is 2.12 bits per heavy atom. The fourth-order valence-corrected chi connectivity index (χ4v) is 3.66. The molecule has 4 heterocycles. The summed E-state index contributed by atoms with van der Waals surface area (Å²) in [6.07, 6.45) is 3.25. The van der Waals surface area contributed by atoms with Crippen LogP contribution in [0.4, 0.5) is 10.6 Å². The molecule has 0 aliphatic carbocycles. The maximum Gasteiger partial charge on any atom is 0.407 e. The van der Waals surface area contributed by atoms with Crippen molar-refractivity contribution in [3.8, 4) is 11.4 Å². The summed E-state index contributed by atoms with van der Waals surface area (Å²) >= 11 is 5.82. The van der Waals surface area contributed by atoms with Crippen LogP contribution in [-0.4, -0.2) is 46.9 Å². The van der Waals surface area contributed by atoms with Gasteiger partial charge >= 0.3 is 6.09 Å². The number of carbonyl (C=O) groups excluding carboxylic acids is 1. The second-order valence-corrected chi connectivity index (χ2v) is 7.89. The lowest BCUT2D eigenvalue weighted by Gasteiger charge is -2.19. The van der Waals surface area contributed by atoms with Crippen molar-refractivity contribution in [3.63, 3.8) is 0 Å². The Bertz CT molecular complexity index is 1260. The molecule has 0 radical (unpaired) electrons. The highest BCUT2D eigenvalue weighted by molar-refractivity contribution is 6.30. The van der Waals surface area contributed by atoms with Crippen molar-refractivity contribution in [1.82, 2.24) is 19.9 Å². The summed E-state index contributed by atoms with van der Waals surface area (Å²) in [5.41, 5.74) is 0.0518. The van der Waals surface area contributed by atoms with Crippen LogP contribution in [0.2, 0.25) is 5.02 Å². The van der Waals surface area contributed by atoms with Gasteiger partial charge in [-0.25, -0.2) is 4.79 Å². The highest BCUT2D eigenvalue weighted by atomic mass is 35.5. The molecule has 33 heavy (non-hydrogen) atoms. The van der Waals surface area contributed by atoms with Crippen LogP contribution in [0.3, 0.4) is 0 Å². The van der Waals surface area contributed by atoms with E-state index in [1.807, 2.05) is 4.90 Å². The van der Waals surface area contributed by atoms with E-state index >= 15 is 0 Å². The number of aromatic nitrogens is 3. The molecule has 4 rings (SSSR count). The molecule has 1 unspecified atom stereocenters. The Labute approximate surface area is 193 Å². The maximum atomic E-state index is 12.7. The largest absolute Gasteiger partial charge is 0.487 e. The molecule has 1 aliphatic heterocycles. The molecule has 11 heteroatoms. The van der Waals surface area contributed by atoms with Crippen molar-refractivity contribution in [2.24, 2.45) is 0 Å². The van der Waals surface area contributed by atoms with Crippen LogP contribution >= 0.6 is 11.6 Å². The van der Waals surface area contributed by atoms with E-state index in [4.69, 9.17) is 16.3 Å². The molecular weight excluding hydrogens is 450 g/mol. The number of rotatable bonds is 6. The van der Waals surface area contributed by atoms with E-state index in [0.29, 0.717) is 35.4 Å². The zero-order valence-electron chi connectivity index (χ0n) is 17.8. The van der Waals surface area contributed by atoms with Gasteiger partial charge < -0.3 is 24.7 Å². The van der Waals surface area contributed by atoms with E-state index in [0.717, 1.165) is 6.42 Å². The molecule has 2 N–H and O–H groups in total. The van der Waals surface area contributed by atoms with Gasteiger partial charge in [0.25, 0.3) is 11.1 Å². The summed E-state index contributed by atoms with van der Waals surface area (Å²) < 4.78 is 11.5. The first-order valence-corrected chi connectivity index (χ1v) is 10.6. The van der Waals surface area contributed by atoms with Gasteiger partial charge in [0.1, 0.15) is 23.9 Å². The van der Waals surface area contributed by atoms with E-state index in [1.165, 1.54) is 30.1 Å². The molecule has 1 saturated heterocycles. The van der Waals surface area contributed by atoms with Gasteiger partial charge in [-0.1, -0.05) is 11.6 Å². The number of ether oxygens (including phenoxy) is 2. The van der Waals surface area contributed by atoms with Gasteiger partial charge in [-0.15, -0.1) is 0 Å². The number of pyridine rings is 3. The first kappa shape index (κ1) is 22.4. The summed E-state index contributed by atoms with van der Waals surface area (Å²) in [6, 6.07) is 9.62. The van der Waals surface area contributed by atoms with Gasteiger partial charge in [0.15, 0.2) is 0 Å². The van der Waals surface area contributed by atoms with E-state index in [2.05, 4.69) is 20.0 Å². The molecule has 1 aliphatic rings. The monoisotopic (exact) mass is 471 g/mol. The van der Waals surface area contributed by atoms with Gasteiger partial charge in [-0.2, -0.15) is 0 Å². The molecule has 1 fully saturated rings. The smallest absolute Gasteiger partial charge is 0.407 e. The second kappa shape index (κ2) is 9.78. The quantitative estimate of drug-likeness (QED) is 0.565. The minimum Gasteiger partial charge on any atom is -0.487 e. The molecule has 1 atom stereocenters. The minimum atomic E-state index is -0.484. The van der Waals surface area contributed by atoms with Crippen molar-refractivity contribution >= 4 is 23.5 Å². The number of methoxy groups -OCH3 is 1. The van der Waals surface area contributed by atoms with Crippen LogP contribution in [0.25, 0.3) is 5.69 Å². The number of nitrogens with one attached hydrogen (secondary N) is 2. The molecule has 0 spiro atoms. The third-order valence-electron chi connectivity index (χ3n) is 5.24. The van der Waals surface area contributed by atoms with Crippen molar-refractivity contribution in [2.75, 3.05) is 25.1 Å². The maximum absolute atomic E-state index is 12.7. The number of hydrogen-bond acceptors (Lipinski definition) is 7. The van der Waals surface area contributed by atoms with Crippen molar-refractivity contribution in [2.45, 2.75) is 19.1 Å². The van der Waals surface area contributed by atoms with Gasteiger partial charge in [0.05, 0.1) is 23.9 Å². The Kier molecular flexibility index (Phi) is 6.64. The van der Waals surface area contributed by atoms with Crippen molar-refractivity contribution < 1.29 is 14.3 Å². The molecular formula is C22H22ClN5O5. The molecule has 3 aromatic heterocycles. The lowest BCUT2D eigenvalue weighted by atomic mass is 10.3. The highest BCUT2D eigenvalue weighted by Crippen LogP contribution is 2.18. The Balaban J connectivity index is 1.44. The SMILES string of the molecule is COC(=O)NC1CCN(c2ccc(-n3ccc(OCc4ccc(Cl)cn4)cc3=O)c(=O)[nH]2)C1. The van der Waals surface area contributed by atoms with E-state index < -0.39 is 17.2 Å². The predicted octanol–water partition coefficient (Wildman–Crippen LogP) is 2.09. The number of anilines is 1. The fraction of sp³-hybridized carbons (Fsp3) is 0.273. The number of carbonyl (C=O) groups is 1. The number of aromatic amines is 1. The Morgan fingerprint density at radius 3 is 2.82 bits per heavy atom. The van der Waals surface area contributed by atoms with E-state index in [1.54, 1.807) is 30.3 Å². The van der Waals surface area contributed by atoms with Crippen LogP contribution in [-0.2, 0) is 11.3 Å². The average Bonchev–Trinajstić information content (AvgIpc) is 3.27. The first-order valence-electron chi connectivity index (χ1n) is 10.2. The zero-order valence-corrected chi connectivity index (χ0v) is 18.5. The number of hydrogen-bond donors (Lipinski definition) is 2. The Hall–Kier alpha value is -3.79. The third-order valence-corrected chi connectivity index (χ3v) is 5.46. The normalized spacial score (nSPS) is 15.3. The van der Waals surface area contributed by atoms with Crippen LogP contribution in [0.5, 0.6) is 5.75 Å². The molecule has 172 valence electrons. The van der Waals surface area contributed by atoms with Gasteiger partial charge in [0.2, 0.25) is 0 Å². The summed E-state index contributed by atoms with van der Waals surface area (Å²) in [6.45, 7) is 1.38. The number of halogens is 1. The summed E-state index contributed by atoms with van der Waals surface area (Å²) in [7, 11) is 1.32. The average molecular weight is 472 g/mol. The molecule has 10 nitrogen and oxygen atoms in total. The predicted molar refractivity (Wildman–Crippen MR) is 122 cm³/mol. The molecule has 0 aromatic carbocycles. The molecule has 3 aromatic rings. The molecule has 0 saturated carbocycles. The number of H-pyrrole nitrogens is 1. The van der Waals surface area contributed by atoms with Gasteiger partial charge in [-0.05, 0) is 36.8 Å². The summed E-state index contributed by atoms with van der Waals surface area (Å²) in [5, 5.41) is 3.28. The van der Waals surface area contributed by atoms with E-state index in [-0.39, 0.29) is 18.3 Å². The van der Waals surface area contributed by atoms with Crippen molar-refractivity contribution in [3.05, 3.63) is 80.2 Å². The summed E-state index contributed by atoms with van der Waals surface area (Å²) in [5.74, 6) is 0.976. The number of nitrogens with zero attached hydrogens (tertiary/aromatic N) is 3. The number of alkyl carbamates (subject to hydrolysis) is 1. The van der Waals surface area contributed by atoms with Gasteiger partial charge in [0, 0.05) is 31.5 Å². The van der Waals surface area contributed by atoms with Crippen molar-refractivity contribution in [1.29, 1.82) is 0 Å². The fourth-order valence-electron chi connectivity index (χ4n) is 3.55. The second-order valence-electron chi connectivity index (χ2n) is 7.45. The molecule has 0 bridgehead atoms. The molecule has 1 amide bonds. The third kappa shape index (κ3) is 5.35. The standard InChI is InChI=1S/C22H22ClN5O5/c1-32-22(31)25-15-6-8-27(12-15)19-5-4-18(21(30)26-19)28-9-7-17(10-20(28)29)33-13-16-3-2-14(23)11-24-16/h2-5,7,9-11,15H,6,8,12-13H2,1H3,(H,25,31)(H,26,30). The van der Waals surface area contributed by atoms with Crippen LogP contribution in [0.1, 0.15) is 12.1 Å². The highest BCUT2D eigenvalue weighted by Gasteiger charge is 2.25. The Morgan fingerprint density at radius 1 is 1.27 bits per heavy atom. The number of amides is 1. The first-order chi connectivity index (χ1) is 15.9. The zero-order chi connectivity index (χ0) is 23.4. The van der Waals surface area contributed by atoms with E-state index in [9.17, 15) is 14.4 Å². The minimum absolute atomic E-state index is 0.0705. The van der Waals surface area contributed by atoms with Crippen LogP contribution in [0, 0.1) is 0 Å². The lowest BCUT2D eigenvalue weighted by molar-refractivity contribution is 0.167. The summed E-state index contributed by atoms with van der Waals surface area (Å²) in [4.78, 5) is 45.6. The van der Waals surface area contributed by atoms with Gasteiger partial charge in [-0.3, -0.25) is 19.1 Å². The van der Waals surface area contributed by atoms with Crippen LogP contribution < -0.4 is 26.1 Å². The van der Waals surface area contributed by atoms with Crippen LogP contribution in [0.15, 0.2) is 58.4 Å².